The van der Waals surface area contributed by atoms with Crippen LogP contribution in [0.25, 0.3) is 10.9 Å². The van der Waals surface area contributed by atoms with E-state index in [1.165, 1.54) is 16.7 Å². The normalized spacial score (nSPS) is 18.0. The standard InChI is InChI=1S/C26H35N5O.CH4/c1-17-15-24(32-5)18(2)14-19(17)16-27-20-10-12-21(13-11-20)28-26-29-23-9-7-6-8-22(23)25(30-26)31(3)4;/h6-9,14-15,20-21,27H,10-13,16H2,1-5H3,(H,28,29,30);1H4. The molecule has 0 aliphatic heterocycles. The van der Waals surface area contributed by atoms with Crippen LogP contribution in [0, 0.1) is 13.8 Å². The first-order valence-corrected chi connectivity index (χ1v) is 11.5. The molecule has 0 spiro atoms. The van der Waals surface area contributed by atoms with E-state index in [-0.39, 0.29) is 7.43 Å². The van der Waals surface area contributed by atoms with Gasteiger partial charge in [0.15, 0.2) is 0 Å². The predicted octanol–water partition coefficient (Wildman–Crippen LogP) is 5.47. The third kappa shape index (κ3) is 5.74. The van der Waals surface area contributed by atoms with Gasteiger partial charge >= 0.3 is 0 Å². The number of benzene rings is 2. The number of nitrogens with one attached hydrogen (secondary N) is 2. The highest BCUT2D eigenvalue weighted by Crippen LogP contribution is 2.27. The monoisotopic (exact) mass is 449 g/mol. The molecule has 1 aliphatic carbocycles. The molecule has 1 heterocycles. The van der Waals surface area contributed by atoms with Crippen LogP contribution in [0.3, 0.4) is 0 Å². The lowest BCUT2D eigenvalue weighted by Crippen LogP contribution is -2.37. The number of ether oxygens (including phenoxy) is 1. The fraction of sp³-hybridized carbons (Fsp3) is 0.481. The van der Waals surface area contributed by atoms with Gasteiger partial charge in [0.25, 0.3) is 0 Å². The van der Waals surface area contributed by atoms with Crippen LogP contribution in [0.15, 0.2) is 36.4 Å². The molecule has 0 amide bonds. The smallest absolute Gasteiger partial charge is 0.225 e. The minimum Gasteiger partial charge on any atom is -0.496 e. The van der Waals surface area contributed by atoms with Crippen LogP contribution in [0.2, 0.25) is 0 Å². The van der Waals surface area contributed by atoms with Gasteiger partial charge in [-0.2, -0.15) is 4.98 Å². The Morgan fingerprint density at radius 2 is 1.67 bits per heavy atom. The van der Waals surface area contributed by atoms with E-state index in [0.29, 0.717) is 12.1 Å². The number of hydrogen-bond donors (Lipinski definition) is 2. The Morgan fingerprint density at radius 3 is 2.36 bits per heavy atom. The van der Waals surface area contributed by atoms with E-state index < -0.39 is 0 Å². The number of nitrogens with zero attached hydrogens (tertiary/aromatic N) is 3. The summed E-state index contributed by atoms with van der Waals surface area (Å²) >= 11 is 0. The van der Waals surface area contributed by atoms with Gasteiger partial charge in [0.05, 0.1) is 12.6 Å². The minimum atomic E-state index is 0. The summed E-state index contributed by atoms with van der Waals surface area (Å²) in [5.74, 6) is 2.65. The molecule has 178 valence electrons. The maximum absolute atomic E-state index is 5.44. The van der Waals surface area contributed by atoms with Crippen molar-refractivity contribution < 1.29 is 4.74 Å². The molecule has 0 radical (unpaired) electrons. The number of anilines is 2. The van der Waals surface area contributed by atoms with Crippen LogP contribution in [-0.2, 0) is 6.54 Å². The Kier molecular flexibility index (Phi) is 8.14. The van der Waals surface area contributed by atoms with Crippen molar-refractivity contribution >= 4 is 22.7 Å². The second-order valence-electron chi connectivity index (χ2n) is 9.10. The van der Waals surface area contributed by atoms with Crippen molar-refractivity contribution in [2.75, 3.05) is 31.4 Å². The zero-order valence-electron chi connectivity index (χ0n) is 19.9. The van der Waals surface area contributed by atoms with Crippen molar-refractivity contribution in [1.29, 1.82) is 0 Å². The topological polar surface area (TPSA) is 62.3 Å². The quantitative estimate of drug-likeness (QED) is 0.499. The molecule has 2 N–H and O–H groups in total. The van der Waals surface area contributed by atoms with Gasteiger partial charge in [-0.15, -0.1) is 0 Å². The molecule has 0 unspecified atom stereocenters. The molecule has 33 heavy (non-hydrogen) atoms. The highest BCUT2D eigenvalue weighted by atomic mass is 16.5. The zero-order chi connectivity index (χ0) is 22.7. The van der Waals surface area contributed by atoms with Crippen molar-refractivity contribution in [2.45, 2.75) is 65.6 Å². The largest absolute Gasteiger partial charge is 0.496 e. The average molecular weight is 450 g/mol. The van der Waals surface area contributed by atoms with Gasteiger partial charge in [0.1, 0.15) is 11.6 Å². The van der Waals surface area contributed by atoms with Gasteiger partial charge in [-0.1, -0.05) is 25.6 Å². The van der Waals surface area contributed by atoms with Gasteiger partial charge < -0.3 is 20.3 Å². The van der Waals surface area contributed by atoms with Crippen LogP contribution in [0.4, 0.5) is 11.8 Å². The van der Waals surface area contributed by atoms with Crippen molar-refractivity contribution in [2.24, 2.45) is 0 Å². The summed E-state index contributed by atoms with van der Waals surface area (Å²) in [5, 5.41) is 8.45. The third-order valence-corrected chi connectivity index (χ3v) is 6.50. The average Bonchev–Trinajstić information content (AvgIpc) is 2.79. The lowest BCUT2D eigenvalue weighted by molar-refractivity contribution is 0.352. The Morgan fingerprint density at radius 1 is 0.970 bits per heavy atom. The van der Waals surface area contributed by atoms with Crippen LogP contribution in [0.1, 0.15) is 49.8 Å². The zero-order valence-corrected chi connectivity index (χ0v) is 19.9. The molecule has 6 nitrogen and oxygen atoms in total. The van der Waals surface area contributed by atoms with Crippen molar-refractivity contribution in [3.8, 4) is 5.75 Å². The van der Waals surface area contributed by atoms with E-state index in [2.05, 4.69) is 53.6 Å². The molecule has 2 aromatic carbocycles. The van der Waals surface area contributed by atoms with E-state index in [1.54, 1.807) is 7.11 Å². The third-order valence-electron chi connectivity index (χ3n) is 6.50. The van der Waals surface area contributed by atoms with Gasteiger partial charge in [-0.25, -0.2) is 4.98 Å². The lowest BCUT2D eigenvalue weighted by atomic mass is 9.91. The molecule has 1 aliphatic rings. The highest BCUT2D eigenvalue weighted by molar-refractivity contribution is 5.90. The van der Waals surface area contributed by atoms with E-state index in [1.807, 2.05) is 26.2 Å². The maximum Gasteiger partial charge on any atom is 0.225 e. The number of aromatic nitrogens is 2. The first-order chi connectivity index (χ1) is 15.4. The second-order valence-corrected chi connectivity index (χ2v) is 9.10. The predicted molar refractivity (Wildman–Crippen MR) is 140 cm³/mol. The number of aryl methyl sites for hydroxylation is 2. The van der Waals surface area contributed by atoms with Gasteiger partial charge in [-0.3, -0.25) is 0 Å². The van der Waals surface area contributed by atoms with E-state index in [9.17, 15) is 0 Å². The summed E-state index contributed by atoms with van der Waals surface area (Å²) in [7, 11) is 5.79. The van der Waals surface area contributed by atoms with Crippen LogP contribution < -0.4 is 20.3 Å². The second kappa shape index (κ2) is 10.8. The highest BCUT2D eigenvalue weighted by Gasteiger charge is 2.22. The van der Waals surface area contributed by atoms with Gasteiger partial charge in [-0.05, 0) is 74.4 Å². The molecule has 0 saturated heterocycles. The summed E-state index contributed by atoms with van der Waals surface area (Å²) in [5.41, 5.74) is 4.80. The number of fused-ring (bicyclic) bond motifs is 1. The molecule has 4 rings (SSSR count). The minimum absolute atomic E-state index is 0. The number of rotatable bonds is 7. The Balaban J connectivity index is 0.00000306. The number of hydrogen-bond acceptors (Lipinski definition) is 6. The summed E-state index contributed by atoms with van der Waals surface area (Å²) in [6.45, 7) is 5.17. The lowest BCUT2D eigenvalue weighted by Gasteiger charge is -2.30. The number of methoxy groups -OCH3 is 1. The molecule has 1 aromatic heterocycles. The van der Waals surface area contributed by atoms with E-state index in [0.717, 1.165) is 60.6 Å². The maximum atomic E-state index is 5.44. The van der Waals surface area contributed by atoms with Crippen LogP contribution >= 0.6 is 0 Å². The molecule has 0 atom stereocenters. The summed E-state index contributed by atoms with van der Waals surface area (Å²) < 4.78 is 5.44. The number of para-hydroxylation sites is 1. The first-order valence-electron chi connectivity index (χ1n) is 11.5. The molecule has 6 heteroatoms. The molecule has 3 aromatic rings. The van der Waals surface area contributed by atoms with E-state index in [4.69, 9.17) is 14.7 Å². The fourth-order valence-corrected chi connectivity index (χ4v) is 4.60. The summed E-state index contributed by atoms with van der Waals surface area (Å²) in [6.07, 6.45) is 4.54. The summed E-state index contributed by atoms with van der Waals surface area (Å²) in [4.78, 5) is 11.6. The fourth-order valence-electron chi connectivity index (χ4n) is 4.60. The van der Waals surface area contributed by atoms with Crippen molar-refractivity contribution in [3.63, 3.8) is 0 Å². The Hall–Kier alpha value is -2.86. The molecular formula is C27H39N5O. The van der Waals surface area contributed by atoms with Gasteiger partial charge in [0.2, 0.25) is 5.95 Å². The summed E-state index contributed by atoms with van der Waals surface area (Å²) in [6, 6.07) is 13.5. The Bertz CT molecular complexity index is 1070. The SMILES string of the molecule is C.COc1cc(C)c(CNC2CCC(Nc3nc(N(C)C)c4ccccc4n3)CC2)cc1C. The van der Waals surface area contributed by atoms with Crippen molar-refractivity contribution in [1.82, 2.24) is 15.3 Å². The molecular weight excluding hydrogens is 410 g/mol. The molecule has 0 bridgehead atoms. The Labute approximate surface area is 198 Å². The molecule has 1 saturated carbocycles. The van der Waals surface area contributed by atoms with Gasteiger partial charge in [0, 0.05) is 38.1 Å². The van der Waals surface area contributed by atoms with E-state index >= 15 is 0 Å². The molecule has 1 fully saturated rings. The van der Waals surface area contributed by atoms with Crippen LogP contribution in [-0.4, -0.2) is 43.3 Å². The van der Waals surface area contributed by atoms with Crippen LogP contribution in [0.5, 0.6) is 5.75 Å². The first kappa shape index (κ1) is 24.8. The van der Waals surface area contributed by atoms with Crippen molar-refractivity contribution in [3.05, 3.63) is 53.1 Å².